The topological polar surface area (TPSA) is 47.7 Å². The Morgan fingerprint density at radius 3 is 2.88 bits per heavy atom. The molecule has 1 unspecified atom stereocenters. The van der Waals surface area contributed by atoms with Gasteiger partial charge in [-0.2, -0.15) is 10.2 Å². The van der Waals surface area contributed by atoms with E-state index in [2.05, 4.69) is 35.6 Å². The van der Waals surface area contributed by atoms with E-state index < -0.39 is 0 Å². The van der Waals surface area contributed by atoms with Gasteiger partial charge in [0.15, 0.2) is 0 Å². The lowest BCUT2D eigenvalue weighted by Gasteiger charge is -2.11. The third-order valence-electron chi connectivity index (χ3n) is 2.83. The van der Waals surface area contributed by atoms with Gasteiger partial charge in [-0.15, -0.1) is 0 Å². The van der Waals surface area contributed by atoms with E-state index in [9.17, 15) is 0 Å². The van der Waals surface area contributed by atoms with Gasteiger partial charge >= 0.3 is 0 Å². The minimum absolute atomic E-state index is 0.325. The summed E-state index contributed by atoms with van der Waals surface area (Å²) in [7, 11) is 0. The van der Waals surface area contributed by atoms with E-state index >= 15 is 0 Å². The highest BCUT2D eigenvalue weighted by Crippen LogP contribution is 2.10. The van der Waals surface area contributed by atoms with E-state index in [1.54, 1.807) is 6.20 Å². The maximum Gasteiger partial charge on any atom is 0.0537 e. The largest absolute Gasteiger partial charge is 0.308 e. The average Bonchev–Trinajstić information content (AvgIpc) is 2.99. The fourth-order valence-corrected chi connectivity index (χ4v) is 1.72. The molecule has 2 heterocycles. The predicted molar refractivity (Wildman–Crippen MR) is 66.5 cm³/mol. The van der Waals surface area contributed by atoms with Crippen molar-refractivity contribution < 1.29 is 0 Å². The zero-order valence-corrected chi connectivity index (χ0v) is 10.4. The molecule has 0 saturated carbocycles. The first-order valence-corrected chi connectivity index (χ1v) is 6.02. The summed E-state index contributed by atoms with van der Waals surface area (Å²) >= 11 is 0. The molecule has 0 bridgehead atoms. The molecule has 2 aromatic rings. The number of aryl methyl sites for hydroxylation is 1. The Hall–Kier alpha value is -1.62. The minimum atomic E-state index is 0.325. The zero-order chi connectivity index (χ0) is 12.1. The molecule has 1 atom stereocenters. The first-order valence-electron chi connectivity index (χ1n) is 6.02. The summed E-state index contributed by atoms with van der Waals surface area (Å²) in [6, 6.07) is 2.26. The van der Waals surface area contributed by atoms with Crippen molar-refractivity contribution >= 4 is 0 Å². The van der Waals surface area contributed by atoms with E-state index in [1.807, 2.05) is 27.8 Å². The Bertz CT molecular complexity index is 431. The number of rotatable bonds is 6. The smallest absolute Gasteiger partial charge is 0.0537 e. The third kappa shape index (κ3) is 3.17. The van der Waals surface area contributed by atoms with E-state index in [0.717, 1.165) is 19.6 Å². The number of aromatic nitrogens is 4. The molecule has 0 spiro atoms. The lowest BCUT2D eigenvalue weighted by atomic mass is 10.2. The molecule has 5 nitrogen and oxygen atoms in total. The highest BCUT2D eigenvalue weighted by atomic mass is 15.3. The first-order chi connectivity index (χ1) is 8.29. The normalized spacial score (nSPS) is 12.8. The molecule has 0 aliphatic carbocycles. The molecule has 5 heteroatoms. The SMILES string of the molecule is CCn1cc(C(C)NCCn2cccn2)cn1. The summed E-state index contributed by atoms with van der Waals surface area (Å²) in [4.78, 5) is 0. The predicted octanol–water partition coefficient (Wildman–Crippen LogP) is 1.45. The van der Waals surface area contributed by atoms with Crippen molar-refractivity contribution in [2.45, 2.75) is 33.0 Å². The van der Waals surface area contributed by atoms with E-state index in [4.69, 9.17) is 0 Å². The van der Waals surface area contributed by atoms with Crippen LogP contribution in [0.1, 0.15) is 25.5 Å². The standard InChI is InChI=1S/C12H19N5/c1-3-16-10-12(9-15-16)11(2)13-6-8-17-7-4-5-14-17/h4-5,7,9-11,13H,3,6,8H2,1-2H3. The van der Waals surface area contributed by atoms with E-state index in [0.29, 0.717) is 6.04 Å². The van der Waals surface area contributed by atoms with Crippen LogP contribution in [0.5, 0.6) is 0 Å². The highest BCUT2D eigenvalue weighted by molar-refractivity contribution is 5.08. The summed E-state index contributed by atoms with van der Waals surface area (Å²) in [6.45, 7) is 6.95. The van der Waals surface area contributed by atoms with Crippen molar-refractivity contribution in [2.24, 2.45) is 0 Å². The molecular formula is C12H19N5. The van der Waals surface area contributed by atoms with Crippen LogP contribution in [-0.2, 0) is 13.1 Å². The summed E-state index contributed by atoms with van der Waals surface area (Å²) in [5.41, 5.74) is 1.23. The number of nitrogens with one attached hydrogen (secondary N) is 1. The van der Waals surface area contributed by atoms with Crippen LogP contribution in [0.25, 0.3) is 0 Å². The van der Waals surface area contributed by atoms with Crippen molar-refractivity contribution in [3.63, 3.8) is 0 Å². The van der Waals surface area contributed by atoms with Gasteiger partial charge in [-0.25, -0.2) is 0 Å². The molecule has 2 aromatic heterocycles. The van der Waals surface area contributed by atoms with Gasteiger partial charge in [0.2, 0.25) is 0 Å². The maximum atomic E-state index is 4.27. The van der Waals surface area contributed by atoms with Crippen LogP contribution in [0.15, 0.2) is 30.9 Å². The fraction of sp³-hybridized carbons (Fsp3) is 0.500. The van der Waals surface area contributed by atoms with Gasteiger partial charge in [-0.1, -0.05) is 0 Å². The summed E-state index contributed by atoms with van der Waals surface area (Å²) < 4.78 is 3.87. The van der Waals surface area contributed by atoms with Crippen molar-refractivity contribution in [3.8, 4) is 0 Å². The van der Waals surface area contributed by atoms with Gasteiger partial charge in [0.05, 0.1) is 12.7 Å². The molecule has 0 radical (unpaired) electrons. The van der Waals surface area contributed by atoms with Gasteiger partial charge in [-0.05, 0) is 19.9 Å². The molecule has 92 valence electrons. The monoisotopic (exact) mass is 233 g/mol. The third-order valence-corrected chi connectivity index (χ3v) is 2.83. The molecular weight excluding hydrogens is 214 g/mol. The number of hydrogen-bond acceptors (Lipinski definition) is 3. The van der Waals surface area contributed by atoms with Crippen LogP contribution in [0.3, 0.4) is 0 Å². The Morgan fingerprint density at radius 2 is 2.24 bits per heavy atom. The van der Waals surface area contributed by atoms with Crippen LogP contribution >= 0.6 is 0 Å². The summed E-state index contributed by atoms with van der Waals surface area (Å²) in [5, 5.41) is 11.9. The lowest BCUT2D eigenvalue weighted by molar-refractivity contribution is 0.507. The van der Waals surface area contributed by atoms with Crippen LogP contribution in [-0.4, -0.2) is 26.1 Å². The number of hydrogen-bond donors (Lipinski definition) is 1. The Balaban J connectivity index is 1.78. The number of nitrogens with zero attached hydrogens (tertiary/aromatic N) is 4. The summed E-state index contributed by atoms with van der Waals surface area (Å²) in [6.07, 6.45) is 7.79. The van der Waals surface area contributed by atoms with Crippen molar-refractivity contribution in [1.29, 1.82) is 0 Å². The molecule has 2 rings (SSSR count). The minimum Gasteiger partial charge on any atom is -0.308 e. The van der Waals surface area contributed by atoms with Crippen LogP contribution in [0, 0.1) is 0 Å². The van der Waals surface area contributed by atoms with Gasteiger partial charge in [0.1, 0.15) is 0 Å². The second-order valence-electron chi connectivity index (χ2n) is 4.07. The van der Waals surface area contributed by atoms with Crippen molar-refractivity contribution in [2.75, 3.05) is 6.54 Å². The molecule has 0 amide bonds. The first kappa shape index (κ1) is 11.9. The molecule has 0 aliphatic rings. The Labute approximate surface area is 101 Å². The van der Waals surface area contributed by atoms with Gasteiger partial charge < -0.3 is 5.32 Å². The highest BCUT2D eigenvalue weighted by Gasteiger charge is 2.06. The van der Waals surface area contributed by atoms with Gasteiger partial charge in [0.25, 0.3) is 0 Å². The van der Waals surface area contributed by atoms with Crippen LogP contribution in [0.4, 0.5) is 0 Å². The quantitative estimate of drug-likeness (QED) is 0.821. The molecule has 0 aromatic carbocycles. The van der Waals surface area contributed by atoms with Gasteiger partial charge in [0, 0.05) is 43.3 Å². The molecule has 0 fully saturated rings. The van der Waals surface area contributed by atoms with E-state index in [1.165, 1.54) is 5.56 Å². The molecule has 0 aliphatic heterocycles. The van der Waals surface area contributed by atoms with Crippen LogP contribution < -0.4 is 5.32 Å². The second-order valence-corrected chi connectivity index (χ2v) is 4.07. The second kappa shape index (κ2) is 5.63. The van der Waals surface area contributed by atoms with E-state index in [-0.39, 0.29) is 0 Å². The Morgan fingerprint density at radius 1 is 1.35 bits per heavy atom. The van der Waals surface area contributed by atoms with Gasteiger partial charge in [-0.3, -0.25) is 9.36 Å². The van der Waals surface area contributed by atoms with Crippen molar-refractivity contribution in [1.82, 2.24) is 24.9 Å². The molecule has 1 N–H and O–H groups in total. The average molecular weight is 233 g/mol. The van der Waals surface area contributed by atoms with Crippen molar-refractivity contribution in [3.05, 3.63) is 36.4 Å². The maximum absolute atomic E-state index is 4.27. The fourth-order valence-electron chi connectivity index (χ4n) is 1.72. The lowest BCUT2D eigenvalue weighted by Crippen LogP contribution is -2.23. The Kier molecular flexibility index (Phi) is 3.93. The summed E-state index contributed by atoms with van der Waals surface area (Å²) in [5.74, 6) is 0. The zero-order valence-electron chi connectivity index (χ0n) is 10.4. The van der Waals surface area contributed by atoms with Crippen LogP contribution in [0.2, 0.25) is 0 Å². The molecule has 0 saturated heterocycles. The molecule has 17 heavy (non-hydrogen) atoms.